The minimum atomic E-state index is 0.253. The van der Waals surface area contributed by atoms with Crippen LogP contribution in [0.15, 0.2) is 11.4 Å². The Labute approximate surface area is 117 Å². The molecule has 1 fully saturated rings. The quantitative estimate of drug-likeness (QED) is 0.913. The van der Waals surface area contributed by atoms with E-state index in [2.05, 4.69) is 23.8 Å². The molecule has 0 aliphatic heterocycles. The highest BCUT2D eigenvalue weighted by molar-refractivity contribution is 7.16. The van der Waals surface area contributed by atoms with Crippen molar-refractivity contribution in [3.05, 3.63) is 11.4 Å². The number of thiophene rings is 1. The summed E-state index contributed by atoms with van der Waals surface area (Å²) in [5.41, 5.74) is 5.74. The van der Waals surface area contributed by atoms with Crippen molar-refractivity contribution >= 4 is 27.5 Å². The van der Waals surface area contributed by atoms with Gasteiger partial charge < -0.3 is 10.5 Å². The summed E-state index contributed by atoms with van der Waals surface area (Å²) < 4.78 is 6.10. The summed E-state index contributed by atoms with van der Waals surface area (Å²) in [6, 6.07) is 2.00. The molecule has 2 heterocycles. The van der Waals surface area contributed by atoms with Crippen molar-refractivity contribution in [3.63, 3.8) is 0 Å². The summed E-state index contributed by atoms with van der Waals surface area (Å²) in [6.45, 7) is 4.62. The average molecular weight is 277 g/mol. The van der Waals surface area contributed by atoms with Crippen LogP contribution < -0.4 is 10.5 Å². The molecule has 2 aromatic heterocycles. The van der Waals surface area contributed by atoms with Crippen LogP contribution in [0.25, 0.3) is 10.2 Å². The van der Waals surface area contributed by atoms with Crippen LogP contribution >= 0.6 is 11.3 Å². The van der Waals surface area contributed by atoms with Gasteiger partial charge in [0.15, 0.2) is 0 Å². The van der Waals surface area contributed by atoms with Gasteiger partial charge in [0.2, 0.25) is 11.8 Å². The first-order chi connectivity index (χ1) is 9.13. The Hall–Kier alpha value is -1.36. The van der Waals surface area contributed by atoms with Crippen molar-refractivity contribution in [1.82, 2.24) is 9.97 Å². The van der Waals surface area contributed by atoms with Gasteiger partial charge in [-0.05, 0) is 42.5 Å². The Bertz CT molecular complexity index is 583. The highest BCUT2D eigenvalue weighted by atomic mass is 32.1. The van der Waals surface area contributed by atoms with Gasteiger partial charge in [-0.25, -0.2) is 4.98 Å². The fourth-order valence-corrected chi connectivity index (χ4v) is 3.46. The Kier molecular flexibility index (Phi) is 3.31. The normalized spacial score (nSPS) is 27.6. The molecular weight excluding hydrogens is 258 g/mol. The van der Waals surface area contributed by atoms with Gasteiger partial charge in [-0.3, -0.25) is 0 Å². The highest BCUT2D eigenvalue weighted by Gasteiger charge is 2.26. The highest BCUT2D eigenvalue weighted by Crippen LogP contribution is 2.34. The first kappa shape index (κ1) is 12.7. The number of hydrogen-bond acceptors (Lipinski definition) is 5. The fourth-order valence-electron chi connectivity index (χ4n) is 2.70. The van der Waals surface area contributed by atoms with Crippen LogP contribution in [0, 0.1) is 11.8 Å². The lowest BCUT2D eigenvalue weighted by molar-refractivity contribution is 0.0980. The summed E-state index contributed by atoms with van der Waals surface area (Å²) in [4.78, 5) is 9.39. The molecule has 0 amide bonds. The first-order valence-corrected chi connectivity index (χ1v) is 7.69. The molecule has 19 heavy (non-hydrogen) atoms. The Morgan fingerprint density at radius 3 is 2.89 bits per heavy atom. The number of ether oxygens (including phenoxy) is 1. The van der Waals surface area contributed by atoms with E-state index in [1.165, 1.54) is 6.42 Å². The van der Waals surface area contributed by atoms with Crippen molar-refractivity contribution in [2.45, 2.75) is 39.2 Å². The zero-order chi connectivity index (χ0) is 13.4. The minimum Gasteiger partial charge on any atom is -0.474 e. The van der Waals surface area contributed by atoms with E-state index in [9.17, 15) is 0 Å². The molecule has 4 nitrogen and oxygen atoms in total. The van der Waals surface area contributed by atoms with Crippen LogP contribution in [0.2, 0.25) is 0 Å². The number of aromatic nitrogens is 2. The molecule has 1 aliphatic rings. The number of nitrogen functional groups attached to an aromatic ring is 1. The molecule has 3 rings (SSSR count). The SMILES string of the molecule is CC1CCC(Oc2nc(N)nc3sccc23)CC1C. The zero-order valence-corrected chi connectivity index (χ0v) is 12.1. The van der Waals surface area contributed by atoms with Crippen LogP contribution in [0.4, 0.5) is 5.95 Å². The van der Waals surface area contributed by atoms with Crippen molar-refractivity contribution in [3.8, 4) is 5.88 Å². The fraction of sp³-hybridized carbons (Fsp3) is 0.571. The Morgan fingerprint density at radius 2 is 2.11 bits per heavy atom. The molecule has 3 unspecified atom stereocenters. The third-order valence-electron chi connectivity index (χ3n) is 4.14. The largest absolute Gasteiger partial charge is 0.474 e. The second kappa shape index (κ2) is 4.96. The average Bonchev–Trinajstić information content (AvgIpc) is 2.82. The predicted molar refractivity (Wildman–Crippen MR) is 78.4 cm³/mol. The van der Waals surface area contributed by atoms with Crippen LogP contribution in [0.5, 0.6) is 5.88 Å². The lowest BCUT2D eigenvalue weighted by Gasteiger charge is -2.32. The van der Waals surface area contributed by atoms with Crippen molar-refractivity contribution in [2.75, 3.05) is 5.73 Å². The van der Waals surface area contributed by atoms with Crippen LogP contribution in [0.1, 0.15) is 33.1 Å². The lowest BCUT2D eigenvalue weighted by atomic mass is 9.80. The summed E-state index contributed by atoms with van der Waals surface area (Å²) in [7, 11) is 0. The van der Waals surface area contributed by atoms with Crippen molar-refractivity contribution in [1.29, 1.82) is 0 Å². The van der Waals surface area contributed by atoms with Crippen LogP contribution in [0.3, 0.4) is 0 Å². The van der Waals surface area contributed by atoms with Crippen LogP contribution in [-0.2, 0) is 0 Å². The van der Waals surface area contributed by atoms with Gasteiger partial charge in [0.05, 0.1) is 5.39 Å². The van der Waals surface area contributed by atoms with E-state index in [1.807, 2.05) is 11.4 Å². The van der Waals surface area contributed by atoms with Crippen LogP contribution in [-0.4, -0.2) is 16.1 Å². The third kappa shape index (κ3) is 2.52. The Balaban J connectivity index is 1.83. The number of anilines is 1. The topological polar surface area (TPSA) is 61.0 Å². The summed E-state index contributed by atoms with van der Waals surface area (Å²) in [5.74, 6) is 2.44. The van der Waals surface area contributed by atoms with E-state index in [4.69, 9.17) is 10.5 Å². The molecule has 0 saturated heterocycles. The summed E-state index contributed by atoms with van der Waals surface area (Å²) in [5, 5.41) is 2.97. The van der Waals surface area contributed by atoms with Gasteiger partial charge in [-0.15, -0.1) is 11.3 Å². The van der Waals surface area contributed by atoms with E-state index in [0.717, 1.165) is 29.0 Å². The maximum atomic E-state index is 6.10. The molecule has 102 valence electrons. The molecule has 1 saturated carbocycles. The summed E-state index contributed by atoms with van der Waals surface area (Å²) in [6.07, 6.45) is 3.67. The van der Waals surface area contributed by atoms with Gasteiger partial charge in [0.1, 0.15) is 10.9 Å². The van der Waals surface area contributed by atoms with E-state index >= 15 is 0 Å². The number of nitrogens with two attached hydrogens (primary N) is 1. The summed E-state index contributed by atoms with van der Waals surface area (Å²) >= 11 is 1.57. The van der Waals surface area contributed by atoms with Gasteiger partial charge in [-0.1, -0.05) is 13.8 Å². The third-order valence-corrected chi connectivity index (χ3v) is 4.94. The van der Waals surface area contributed by atoms with Crippen molar-refractivity contribution < 1.29 is 4.74 Å². The van der Waals surface area contributed by atoms with Gasteiger partial charge >= 0.3 is 0 Å². The Morgan fingerprint density at radius 1 is 1.26 bits per heavy atom. The second-order valence-corrected chi connectivity index (χ2v) is 6.43. The second-order valence-electron chi connectivity index (χ2n) is 5.53. The van der Waals surface area contributed by atoms with Gasteiger partial charge in [0.25, 0.3) is 0 Å². The van der Waals surface area contributed by atoms with Crippen molar-refractivity contribution in [2.24, 2.45) is 11.8 Å². The molecule has 5 heteroatoms. The number of fused-ring (bicyclic) bond motifs is 1. The first-order valence-electron chi connectivity index (χ1n) is 6.81. The van der Waals surface area contributed by atoms with E-state index < -0.39 is 0 Å². The smallest absolute Gasteiger partial charge is 0.227 e. The lowest BCUT2D eigenvalue weighted by Crippen LogP contribution is -2.29. The number of nitrogens with zero attached hydrogens (tertiary/aromatic N) is 2. The monoisotopic (exact) mass is 277 g/mol. The molecule has 1 aliphatic carbocycles. The minimum absolute atomic E-state index is 0.253. The zero-order valence-electron chi connectivity index (χ0n) is 11.3. The molecule has 3 atom stereocenters. The van der Waals surface area contributed by atoms with Gasteiger partial charge in [-0.2, -0.15) is 4.98 Å². The number of rotatable bonds is 2. The number of hydrogen-bond donors (Lipinski definition) is 1. The molecule has 2 N–H and O–H groups in total. The van der Waals surface area contributed by atoms with E-state index in [-0.39, 0.29) is 6.10 Å². The molecule has 0 radical (unpaired) electrons. The van der Waals surface area contributed by atoms with E-state index in [0.29, 0.717) is 17.7 Å². The molecular formula is C14H19N3OS. The predicted octanol–water partition coefficient (Wildman–Crippen LogP) is 3.48. The van der Waals surface area contributed by atoms with Gasteiger partial charge in [0, 0.05) is 0 Å². The molecule has 0 bridgehead atoms. The molecule has 0 spiro atoms. The standard InChI is InChI=1S/C14H19N3OS/c1-8-3-4-10(7-9(8)2)18-12-11-5-6-19-13(11)17-14(15)16-12/h5-6,8-10H,3-4,7H2,1-2H3,(H2,15,16,17). The van der Waals surface area contributed by atoms with E-state index in [1.54, 1.807) is 11.3 Å². The maximum absolute atomic E-state index is 6.10. The maximum Gasteiger partial charge on any atom is 0.227 e. The molecule has 0 aromatic carbocycles. The molecule has 2 aromatic rings.